The molecule has 0 atom stereocenters. The lowest BCUT2D eigenvalue weighted by Gasteiger charge is -2.00. The zero-order valence-electron chi connectivity index (χ0n) is 10.8. The van der Waals surface area contributed by atoms with Crippen molar-refractivity contribution in [1.29, 1.82) is 0 Å². The molecule has 3 rings (SSSR count). The Balaban J connectivity index is 2.06. The van der Waals surface area contributed by atoms with Crippen LogP contribution in [0.4, 0.5) is 5.69 Å². The van der Waals surface area contributed by atoms with E-state index in [0.29, 0.717) is 11.9 Å². The molecule has 4 nitrogen and oxygen atoms in total. The normalized spacial score (nSPS) is 10.6. The van der Waals surface area contributed by atoms with Crippen molar-refractivity contribution in [3.8, 4) is 0 Å². The van der Waals surface area contributed by atoms with Crippen molar-refractivity contribution < 1.29 is 9.49 Å². The molecule has 0 amide bonds. The molecule has 0 aliphatic carbocycles. The van der Waals surface area contributed by atoms with Gasteiger partial charge in [0.1, 0.15) is 5.39 Å². The summed E-state index contributed by atoms with van der Waals surface area (Å²) in [6.45, 7) is 0.697. The minimum Gasteiger partial charge on any atom is -0.258 e. The molecule has 0 fully saturated rings. The van der Waals surface area contributed by atoms with Crippen LogP contribution in [0.1, 0.15) is 5.56 Å². The third kappa shape index (κ3) is 2.36. The minimum atomic E-state index is -0.338. The number of nitrogens with zero attached hydrogens (tertiary/aromatic N) is 2. The molecular formula is C16H13N2O2+. The van der Waals surface area contributed by atoms with Crippen molar-refractivity contribution in [2.45, 2.75) is 6.54 Å². The van der Waals surface area contributed by atoms with E-state index in [1.165, 1.54) is 6.07 Å². The van der Waals surface area contributed by atoms with Crippen LogP contribution in [-0.2, 0) is 6.54 Å². The maximum atomic E-state index is 11.1. The van der Waals surface area contributed by atoms with Crippen LogP contribution in [0.15, 0.2) is 67.0 Å². The van der Waals surface area contributed by atoms with E-state index < -0.39 is 0 Å². The molecule has 0 aliphatic heterocycles. The van der Waals surface area contributed by atoms with E-state index in [2.05, 4.69) is 0 Å². The highest BCUT2D eigenvalue weighted by molar-refractivity contribution is 5.89. The summed E-state index contributed by atoms with van der Waals surface area (Å²) in [6.07, 6.45) is 3.78. The molecule has 2 aromatic carbocycles. The quantitative estimate of drug-likeness (QED) is 0.415. The average Bonchev–Trinajstić information content (AvgIpc) is 2.47. The topological polar surface area (TPSA) is 47.0 Å². The van der Waals surface area contributed by atoms with Crippen LogP contribution in [0.2, 0.25) is 0 Å². The SMILES string of the molecule is O=[N+]([O-])c1cccc2cc[n+](Cc3ccccc3)cc12. The zero-order valence-corrected chi connectivity index (χ0v) is 10.8. The number of nitro groups is 1. The summed E-state index contributed by atoms with van der Waals surface area (Å²) in [5.74, 6) is 0. The highest BCUT2D eigenvalue weighted by atomic mass is 16.6. The van der Waals surface area contributed by atoms with E-state index in [0.717, 1.165) is 10.9 Å². The Labute approximate surface area is 116 Å². The predicted molar refractivity (Wildman–Crippen MR) is 76.3 cm³/mol. The molecule has 4 heteroatoms. The van der Waals surface area contributed by atoms with Crippen molar-refractivity contribution in [3.63, 3.8) is 0 Å². The number of non-ortho nitro benzene ring substituents is 1. The number of benzene rings is 2. The molecule has 0 saturated carbocycles. The highest BCUT2D eigenvalue weighted by Gasteiger charge is 2.14. The molecule has 98 valence electrons. The van der Waals surface area contributed by atoms with Gasteiger partial charge in [-0.3, -0.25) is 10.1 Å². The third-order valence-electron chi connectivity index (χ3n) is 3.26. The molecule has 0 N–H and O–H groups in total. The van der Waals surface area contributed by atoms with Gasteiger partial charge in [0, 0.05) is 23.1 Å². The van der Waals surface area contributed by atoms with Gasteiger partial charge in [0.05, 0.1) is 4.92 Å². The summed E-state index contributed by atoms with van der Waals surface area (Å²) in [6, 6.07) is 17.1. The van der Waals surface area contributed by atoms with Gasteiger partial charge in [0.2, 0.25) is 0 Å². The Morgan fingerprint density at radius 1 is 1.00 bits per heavy atom. The van der Waals surface area contributed by atoms with E-state index in [4.69, 9.17) is 0 Å². The van der Waals surface area contributed by atoms with Gasteiger partial charge in [-0.15, -0.1) is 0 Å². The summed E-state index contributed by atoms with van der Waals surface area (Å²) in [5.41, 5.74) is 1.31. The molecule has 0 radical (unpaired) electrons. The van der Waals surface area contributed by atoms with Gasteiger partial charge in [-0.25, -0.2) is 0 Å². The molecule has 1 aromatic heterocycles. The van der Waals surface area contributed by atoms with Gasteiger partial charge in [-0.05, 0) is 0 Å². The van der Waals surface area contributed by atoms with Crippen molar-refractivity contribution in [1.82, 2.24) is 0 Å². The Hall–Kier alpha value is -2.75. The van der Waals surface area contributed by atoms with Gasteiger partial charge < -0.3 is 0 Å². The van der Waals surface area contributed by atoms with Crippen LogP contribution in [0.25, 0.3) is 10.8 Å². The van der Waals surface area contributed by atoms with E-state index in [1.807, 2.05) is 59.4 Å². The summed E-state index contributed by atoms with van der Waals surface area (Å²) < 4.78 is 1.96. The van der Waals surface area contributed by atoms with Crippen LogP contribution in [0.3, 0.4) is 0 Å². The largest absolute Gasteiger partial charge is 0.283 e. The molecule has 1 heterocycles. The molecular weight excluding hydrogens is 252 g/mol. The van der Waals surface area contributed by atoms with E-state index in [1.54, 1.807) is 6.07 Å². The third-order valence-corrected chi connectivity index (χ3v) is 3.26. The van der Waals surface area contributed by atoms with Gasteiger partial charge in [-0.2, -0.15) is 4.57 Å². The Morgan fingerprint density at radius 3 is 2.55 bits per heavy atom. The van der Waals surface area contributed by atoms with Crippen molar-refractivity contribution >= 4 is 16.5 Å². The fourth-order valence-corrected chi connectivity index (χ4v) is 2.29. The number of hydrogen-bond acceptors (Lipinski definition) is 2. The summed E-state index contributed by atoms with van der Waals surface area (Å²) in [5, 5.41) is 12.6. The number of fused-ring (bicyclic) bond motifs is 1. The number of hydrogen-bond donors (Lipinski definition) is 0. The van der Waals surface area contributed by atoms with Gasteiger partial charge in [0.25, 0.3) is 5.69 Å². The van der Waals surface area contributed by atoms with E-state index in [9.17, 15) is 10.1 Å². The minimum absolute atomic E-state index is 0.143. The van der Waals surface area contributed by atoms with Crippen LogP contribution in [0.5, 0.6) is 0 Å². The maximum absolute atomic E-state index is 11.1. The number of pyridine rings is 1. The molecule has 0 saturated heterocycles. The average molecular weight is 265 g/mol. The van der Waals surface area contributed by atoms with E-state index in [-0.39, 0.29) is 10.6 Å². The second-order valence-electron chi connectivity index (χ2n) is 4.64. The first-order valence-electron chi connectivity index (χ1n) is 6.34. The smallest absolute Gasteiger partial charge is 0.258 e. The number of rotatable bonds is 3. The number of nitro benzene ring substituents is 1. The molecule has 0 unspecified atom stereocenters. The van der Waals surface area contributed by atoms with E-state index >= 15 is 0 Å². The number of aromatic nitrogens is 1. The second-order valence-corrected chi connectivity index (χ2v) is 4.64. The molecule has 0 bridgehead atoms. The van der Waals surface area contributed by atoms with Crippen LogP contribution >= 0.6 is 0 Å². The molecule has 3 aromatic rings. The van der Waals surface area contributed by atoms with Gasteiger partial charge in [0.15, 0.2) is 18.9 Å². The van der Waals surface area contributed by atoms with Crippen LogP contribution < -0.4 is 4.57 Å². The fraction of sp³-hybridized carbons (Fsp3) is 0.0625. The Bertz CT molecular complexity index is 770. The Kier molecular flexibility index (Phi) is 3.13. The first-order chi connectivity index (χ1) is 9.74. The zero-order chi connectivity index (χ0) is 13.9. The predicted octanol–water partition coefficient (Wildman–Crippen LogP) is 3.08. The standard InChI is InChI=1S/C16H13N2O2/c19-18(20)16-8-4-7-14-9-10-17(12-15(14)16)11-13-5-2-1-3-6-13/h1-10,12H,11H2/q+1. The van der Waals surface area contributed by atoms with Crippen molar-refractivity contribution in [2.75, 3.05) is 0 Å². The first-order valence-corrected chi connectivity index (χ1v) is 6.34. The molecule has 0 aliphatic rings. The lowest BCUT2D eigenvalue weighted by molar-refractivity contribution is -0.687. The monoisotopic (exact) mass is 265 g/mol. The van der Waals surface area contributed by atoms with Crippen molar-refractivity contribution in [2.24, 2.45) is 0 Å². The van der Waals surface area contributed by atoms with Gasteiger partial charge in [-0.1, -0.05) is 42.5 Å². The lowest BCUT2D eigenvalue weighted by Crippen LogP contribution is -2.33. The highest BCUT2D eigenvalue weighted by Crippen LogP contribution is 2.23. The van der Waals surface area contributed by atoms with Crippen LogP contribution in [-0.4, -0.2) is 4.92 Å². The van der Waals surface area contributed by atoms with Crippen molar-refractivity contribution in [3.05, 3.63) is 82.7 Å². The molecule has 20 heavy (non-hydrogen) atoms. The molecule has 0 spiro atoms. The summed E-state index contributed by atoms with van der Waals surface area (Å²) >= 11 is 0. The summed E-state index contributed by atoms with van der Waals surface area (Å²) in [4.78, 5) is 10.7. The first kappa shape index (κ1) is 12.3. The van der Waals surface area contributed by atoms with Gasteiger partial charge >= 0.3 is 0 Å². The fourth-order valence-electron chi connectivity index (χ4n) is 2.29. The summed E-state index contributed by atoms with van der Waals surface area (Å²) in [7, 11) is 0. The maximum Gasteiger partial charge on any atom is 0.283 e. The van der Waals surface area contributed by atoms with Crippen LogP contribution in [0, 0.1) is 10.1 Å². The second kappa shape index (κ2) is 5.09. The Morgan fingerprint density at radius 2 is 1.80 bits per heavy atom. The lowest BCUT2D eigenvalue weighted by atomic mass is 10.1.